The van der Waals surface area contributed by atoms with E-state index >= 15 is 0 Å². The quantitative estimate of drug-likeness (QED) is 0.861. The lowest BCUT2D eigenvalue weighted by atomic mass is 10.1. The van der Waals surface area contributed by atoms with Crippen LogP contribution in [0, 0.1) is 0 Å². The Morgan fingerprint density at radius 3 is 2.78 bits per heavy atom. The Hall–Kier alpha value is -0.550. The molecule has 0 spiro atoms. The van der Waals surface area contributed by atoms with Crippen LogP contribution >= 0.6 is 38.9 Å². The number of benzene rings is 1. The second kappa shape index (κ2) is 6.06. The number of ether oxygens (including phenoxy) is 1. The van der Waals surface area contributed by atoms with E-state index in [2.05, 4.69) is 15.9 Å². The summed E-state index contributed by atoms with van der Waals surface area (Å²) < 4.78 is 6.80. The highest BCUT2D eigenvalue weighted by molar-refractivity contribution is 9.11. The molecule has 1 heterocycles. The topological polar surface area (TPSA) is 29.5 Å². The smallest absolute Gasteiger partial charge is 0.125 e. The highest BCUT2D eigenvalue weighted by Crippen LogP contribution is 2.30. The molecule has 1 unspecified atom stereocenters. The number of thiophene rings is 1. The second-order valence-corrected chi connectivity index (χ2v) is 6.84. The van der Waals surface area contributed by atoms with Crippen molar-refractivity contribution in [1.29, 1.82) is 0 Å². The van der Waals surface area contributed by atoms with Crippen LogP contribution in [0.5, 0.6) is 5.75 Å². The van der Waals surface area contributed by atoms with Crippen molar-refractivity contribution in [3.63, 3.8) is 0 Å². The van der Waals surface area contributed by atoms with Gasteiger partial charge in [-0.05, 0) is 53.2 Å². The average Bonchev–Trinajstić information content (AvgIpc) is 2.73. The summed E-state index contributed by atoms with van der Waals surface area (Å²) in [7, 11) is 0. The molecular formula is C13H12BrClO2S. The molecule has 0 bridgehead atoms. The van der Waals surface area contributed by atoms with Gasteiger partial charge >= 0.3 is 0 Å². The SMILES string of the molecule is CC(O)c1cc(Cl)ccc1OCc1ccc(Br)s1. The number of hydrogen-bond acceptors (Lipinski definition) is 3. The minimum atomic E-state index is -0.603. The summed E-state index contributed by atoms with van der Waals surface area (Å²) >= 11 is 10.9. The Balaban J connectivity index is 2.13. The molecule has 96 valence electrons. The zero-order chi connectivity index (χ0) is 13.1. The average molecular weight is 348 g/mol. The third kappa shape index (κ3) is 3.48. The van der Waals surface area contributed by atoms with Crippen molar-refractivity contribution < 1.29 is 9.84 Å². The first-order valence-corrected chi connectivity index (χ1v) is 7.39. The van der Waals surface area contributed by atoms with Gasteiger partial charge in [-0.1, -0.05) is 11.6 Å². The standard InChI is InChI=1S/C13H12BrClO2S/c1-8(16)11-6-9(15)2-4-12(11)17-7-10-3-5-13(14)18-10/h2-6,8,16H,7H2,1H3. The molecule has 2 aromatic rings. The molecule has 0 radical (unpaired) electrons. The fourth-order valence-electron chi connectivity index (χ4n) is 1.56. The highest BCUT2D eigenvalue weighted by Gasteiger charge is 2.10. The van der Waals surface area contributed by atoms with Crippen LogP contribution in [-0.2, 0) is 6.61 Å². The van der Waals surface area contributed by atoms with Gasteiger partial charge in [0, 0.05) is 15.5 Å². The molecule has 1 aromatic carbocycles. The largest absolute Gasteiger partial charge is 0.488 e. The van der Waals surface area contributed by atoms with E-state index in [1.165, 1.54) is 0 Å². The van der Waals surface area contributed by atoms with E-state index in [4.69, 9.17) is 16.3 Å². The zero-order valence-corrected chi connectivity index (χ0v) is 12.8. The van der Waals surface area contributed by atoms with Gasteiger partial charge in [0.1, 0.15) is 12.4 Å². The van der Waals surface area contributed by atoms with Gasteiger partial charge in [0.25, 0.3) is 0 Å². The van der Waals surface area contributed by atoms with Gasteiger partial charge in [-0.3, -0.25) is 0 Å². The minimum Gasteiger partial charge on any atom is -0.488 e. The predicted octanol–water partition coefficient (Wildman–Crippen LogP) is 4.80. The van der Waals surface area contributed by atoms with Crippen LogP contribution in [0.1, 0.15) is 23.5 Å². The molecule has 1 aromatic heterocycles. The summed E-state index contributed by atoms with van der Waals surface area (Å²) in [5.41, 5.74) is 0.707. The number of aliphatic hydroxyl groups excluding tert-OH is 1. The molecule has 2 rings (SSSR count). The summed E-state index contributed by atoms with van der Waals surface area (Å²) in [6.45, 7) is 2.18. The van der Waals surface area contributed by atoms with E-state index < -0.39 is 6.10 Å². The Labute approximate surface area is 123 Å². The number of halogens is 2. The molecule has 18 heavy (non-hydrogen) atoms. The Kier molecular flexibility index (Phi) is 4.67. The molecule has 5 heteroatoms. The minimum absolute atomic E-state index is 0.484. The molecule has 1 atom stereocenters. The van der Waals surface area contributed by atoms with Crippen molar-refractivity contribution in [2.75, 3.05) is 0 Å². The van der Waals surface area contributed by atoms with Crippen molar-refractivity contribution in [2.24, 2.45) is 0 Å². The Bertz CT molecular complexity index is 540. The summed E-state index contributed by atoms with van der Waals surface area (Å²) in [6.07, 6.45) is -0.603. The summed E-state index contributed by atoms with van der Waals surface area (Å²) in [4.78, 5) is 1.12. The molecule has 1 N–H and O–H groups in total. The molecule has 2 nitrogen and oxygen atoms in total. The molecule has 0 saturated heterocycles. The molecule has 0 aliphatic heterocycles. The third-order valence-electron chi connectivity index (χ3n) is 2.42. The molecule has 0 fully saturated rings. The lowest BCUT2D eigenvalue weighted by Gasteiger charge is -2.13. The second-order valence-electron chi connectivity index (χ2n) is 3.85. The first-order valence-electron chi connectivity index (χ1n) is 5.41. The van der Waals surface area contributed by atoms with E-state index in [0.717, 1.165) is 8.66 Å². The lowest BCUT2D eigenvalue weighted by Crippen LogP contribution is -1.99. The van der Waals surface area contributed by atoms with Crippen LogP contribution < -0.4 is 4.74 Å². The monoisotopic (exact) mass is 346 g/mol. The fourth-order valence-corrected chi connectivity index (χ4v) is 3.13. The molecular weight excluding hydrogens is 336 g/mol. The van der Waals surface area contributed by atoms with Gasteiger partial charge in [0.05, 0.1) is 9.89 Å². The molecule has 0 aliphatic rings. The lowest BCUT2D eigenvalue weighted by molar-refractivity contribution is 0.190. The van der Waals surface area contributed by atoms with Gasteiger partial charge in [-0.2, -0.15) is 0 Å². The van der Waals surface area contributed by atoms with E-state index in [1.807, 2.05) is 12.1 Å². The van der Waals surface area contributed by atoms with Crippen LogP contribution in [0.3, 0.4) is 0 Å². The van der Waals surface area contributed by atoms with Gasteiger partial charge in [0.2, 0.25) is 0 Å². The maximum atomic E-state index is 9.69. The molecule has 0 amide bonds. The van der Waals surface area contributed by atoms with E-state index in [1.54, 1.807) is 36.5 Å². The van der Waals surface area contributed by atoms with Crippen LogP contribution in [-0.4, -0.2) is 5.11 Å². The number of hydrogen-bond donors (Lipinski definition) is 1. The van der Waals surface area contributed by atoms with Crippen LogP contribution in [0.2, 0.25) is 5.02 Å². The van der Waals surface area contributed by atoms with Crippen molar-refractivity contribution >= 4 is 38.9 Å². The molecule has 0 saturated carbocycles. The zero-order valence-electron chi connectivity index (χ0n) is 9.69. The van der Waals surface area contributed by atoms with Gasteiger partial charge in [-0.25, -0.2) is 0 Å². The van der Waals surface area contributed by atoms with E-state index in [0.29, 0.717) is 22.9 Å². The predicted molar refractivity (Wildman–Crippen MR) is 78.4 cm³/mol. The van der Waals surface area contributed by atoms with Gasteiger partial charge in [0.15, 0.2) is 0 Å². The first-order chi connectivity index (χ1) is 8.56. The van der Waals surface area contributed by atoms with Crippen molar-refractivity contribution in [2.45, 2.75) is 19.6 Å². The normalized spacial score (nSPS) is 12.4. The van der Waals surface area contributed by atoms with Crippen molar-refractivity contribution in [3.8, 4) is 5.75 Å². The van der Waals surface area contributed by atoms with E-state index in [9.17, 15) is 5.11 Å². The van der Waals surface area contributed by atoms with Crippen LogP contribution in [0.25, 0.3) is 0 Å². The Morgan fingerprint density at radius 2 is 2.17 bits per heavy atom. The number of rotatable bonds is 4. The van der Waals surface area contributed by atoms with E-state index in [-0.39, 0.29) is 0 Å². The van der Waals surface area contributed by atoms with Crippen LogP contribution in [0.15, 0.2) is 34.1 Å². The first kappa shape index (κ1) is 13.9. The summed E-state index contributed by atoms with van der Waals surface area (Å²) in [5, 5.41) is 10.3. The highest BCUT2D eigenvalue weighted by atomic mass is 79.9. The fraction of sp³-hybridized carbons (Fsp3) is 0.231. The van der Waals surface area contributed by atoms with Gasteiger partial charge < -0.3 is 9.84 Å². The maximum Gasteiger partial charge on any atom is 0.125 e. The third-order valence-corrected chi connectivity index (χ3v) is 4.25. The molecule has 0 aliphatic carbocycles. The van der Waals surface area contributed by atoms with Gasteiger partial charge in [-0.15, -0.1) is 11.3 Å². The van der Waals surface area contributed by atoms with Crippen molar-refractivity contribution in [3.05, 3.63) is 49.6 Å². The van der Waals surface area contributed by atoms with Crippen LogP contribution in [0.4, 0.5) is 0 Å². The number of aliphatic hydroxyl groups is 1. The maximum absolute atomic E-state index is 9.69. The summed E-state index contributed by atoms with van der Waals surface area (Å²) in [5.74, 6) is 0.666. The summed E-state index contributed by atoms with van der Waals surface area (Å²) in [6, 6.07) is 9.26. The van der Waals surface area contributed by atoms with Crippen molar-refractivity contribution in [1.82, 2.24) is 0 Å². The Morgan fingerprint density at radius 1 is 1.39 bits per heavy atom.